The standard InChI is InChI=1S/C26H19N3O4/c30-24-17-20-9-5-4-8-19(20)16-23(24)26(32)28-27-21-11-13-22(14-12-21)29-33-25(31)15-10-18-6-2-1-3-7-18/h1-17,29-30H/b15-10+,28-27?. The van der Waals surface area contributed by atoms with Crippen LogP contribution in [0, 0.1) is 0 Å². The predicted octanol–water partition coefficient (Wildman–Crippen LogP) is 6.05. The largest absolute Gasteiger partial charge is 0.507 e. The van der Waals surface area contributed by atoms with Crippen molar-refractivity contribution in [3.63, 3.8) is 0 Å². The molecule has 0 aliphatic rings. The zero-order chi connectivity index (χ0) is 23.0. The maximum atomic E-state index is 12.4. The van der Waals surface area contributed by atoms with Gasteiger partial charge in [0, 0.05) is 6.08 Å². The molecule has 2 N–H and O–H groups in total. The van der Waals surface area contributed by atoms with Gasteiger partial charge in [-0.2, -0.15) is 0 Å². The van der Waals surface area contributed by atoms with Crippen LogP contribution in [0.5, 0.6) is 5.75 Å². The van der Waals surface area contributed by atoms with Crippen molar-refractivity contribution in [2.24, 2.45) is 10.2 Å². The van der Waals surface area contributed by atoms with E-state index in [4.69, 9.17) is 4.84 Å². The SMILES string of the molecule is O=C(/C=C/c1ccccc1)ONc1ccc(N=NC(=O)c2cc3ccccc3cc2O)cc1. The minimum absolute atomic E-state index is 0.0752. The second-order valence-electron chi connectivity index (χ2n) is 7.04. The number of phenolic OH excluding ortho intramolecular Hbond substituents is 1. The highest BCUT2D eigenvalue weighted by Crippen LogP contribution is 2.26. The average molecular weight is 437 g/mol. The monoisotopic (exact) mass is 437 g/mol. The number of azo groups is 1. The summed E-state index contributed by atoms with van der Waals surface area (Å²) in [4.78, 5) is 29.2. The van der Waals surface area contributed by atoms with Crippen LogP contribution in [0.4, 0.5) is 11.4 Å². The Hall–Kier alpha value is -4.78. The highest BCUT2D eigenvalue weighted by molar-refractivity contribution is 6.01. The number of hydrogen-bond acceptors (Lipinski definition) is 6. The topological polar surface area (TPSA) is 100 Å². The van der Waals surface area contributed by atoms with Crippen molar-refractivity contribution in [2.75, 3.05) is 5.48 Å². The number of amides is 1. The predicted molar refractivity (Wildman–Crippen MR) is 126 cm³/mol. The summed E-state index contributed by atoms with van der Waals surface area (Å²) in [5.41, 5.74) is 4.45. The summed E-state index contributed by atoms with van der Waals surface area (Å²) in [5, 5.41) is 19.4. The molecule has 162 valence electrons. The molecule has 0 radical (unpaired) electrons. The fourth-order valence-corrected chi connectivity index (χ4v) is 3.02. The van der Waals surface area contributed by atoms with E-state index in [2.05, 4.69) is 15.7 Å². The van der Waals surface area contributed by atoms with Gasteiger partial charge in [-0.25, -0.2) is 10.3 Å². The number of nitrogens with zero attached hydrogens (tertiary/aromatic N) is 2. The molecule has 0 aromatic heterocycles. The van der Waals surface area contributed by atoms with Crippen LogP contribution < -0.4 is 5.48 Å². The van der Waals surface area contributed by atoms with E-state index in [-0.39, 0.29) is 11.3 Å². The summed E-state index contributed by atoms with van der Waals surface area (Å²) in [5.74, 6) is -1.36. The first-order valence-electron chi connectivity index (χ1n) is 10.1. The quantitative estimate of drug-likeness (QED) is 0.217. The van der Waals surface area contributed by atoms with Crippen LogP contribution in [0.25, 0.3) is 16.8 Å². The Kier molecular flexibility index (Phi) is 6.51. The van der Waals surface area contributed by atoms with E-state index in [1.807, 2.05) is 54.6 Å². The summed E-state index contributed by atoms with van der Waals surface area (Å²) >= 11 is 0. The lowest BCUT2D eigenvalue weighted by Crippen LogP contribution is -2.07. The Bertz CT molecular complexity index is 1350. The Balaban J connectivity index is 1.34. The van der Waals surface area contributed by atoms with Gasteiger partial charge in [0.25, 0.3) is 5.91 Å². The maximum absolute atomic E-state index is 12.4. The van der Waals surface area contributed by atoms with Crippen LogP contribution in [0.1, 0.15) is 15.9 Å². The number of anilines is 1. The first-order chi connectivity index (χ1) is 16.1. The molecule has 0 fully saturated rings. The van der Waals surface area contributed by atoms with Gasteiger partial charge in [0.05, 0.1) is 16.9 Å². The van der Waals surface area contributed by atoms with Gasteiger partial charge in [0.1, 0.15) is 5.75 Å². The van der Waals surface area contributed by atoms with E-state index in [1.54, 1.807) is 36.4 Å². The zero-order valence-electron chi connectivity index (χ0n) is 17.4. The van der Waals surface area contributed by atoms with E-state index in [0.717, 1.165) is 16.3 Å². The molecule has 0 aliphatic carbocycles. The van der Waals surface area contributed by atoms with Crippen LogP contribution in [-0.2, 0) is 9.63 Å². The van der Waals surface area contributed by atoms with E-state index < -0.39 is 11.9 Å². The molecule has 4 aromatic carbocycles. The van der Waals surface area contributed by atoms with Gasteiger partial charge < -0.3 is 9.94 Å². The van der Waals surface area contributed by atoms with Gasteiger partial charge >= 0.3 is 5.97 Å². The zero-order valence-corrected chi connectivity index (χ0v) is 17.4. The van der Waals surface area contributed by atoms with Gasteiger partial charge in [0.2, 0.25) is 0 Å². The molecule has 0 heterocycles. The smallest absolute Gasteiger partial charge is 0.355 e. The van der Waals surface area contributed by atoms with E-state index >= 15 is 0 Å². The van der Waals surface area contributed by atoms with Gasteiger partial charge in [-0.3, -0.25) is 4.79 Å². The molecule has 0 unspecified atom stereocenters. The molecular formula is C26H19N3O4. The van der Waals surface area contributed by atoms with Crippen molar-refractivity contribution in [3.8, 4) is 5.75 Å². The minimum atomic E-state index is -0.653. The third kappa shape index (κ3) is 5.68. The summed E-state index contributed by atoms with van der Waals surface area (Å²) < 4.78 is 0. The van der Waals surface area contributed by atoms with Crippen molar-refractivity contribution in [2.45, 2.75) is 0 Å². The first-order valence-corrected chi connectivity index (χ1v) is 10.1. The third-order valence-corrected chi connectivity index (χ3v) is 4.70. The van der Waals surface area contributed by atoms with Crippen molar-refractivity contribution >= 4 is 40.1 Å². The number of phenols is 1. The number of fused-ring (bicyclic) bond motifs is 1. The number of rotatable bonds is 6. The second kappa shape index (κ2) is 10.0. The fourth-order valence-electron chi connectivity index (χ4n) is 3.02. The summed E-state index contributed by atoms with van der Waals surface area (Å²) in [7, 11) is 0. The van der Waals surface area contributed by atoms with E-state index in [0.29, 0.717) is 11.4 Å². The highest BCUT2D eigenvalue weighted by atomic mass is 16.7. The molecule has 1 amide bonds. The number of carbonyl (C=O) groups excluding carboxylic acids is 2. The van der Waals surface area contributed by atoms with Gasteiger partial charge in [-0.05, 0) is 58.8 Å². The lowest BCUT2D eigenvalue weighted by Gasteiger charge is -2.05. The molecule has 33 heavy (non-hydrogen) atoms. The van der Waals surface area contributed by atoms with Crippen LogP contribution in [0.2, 0.25) is 0 Å². The summed E-state index contributed by atoms with van der Waals surface area (Å²) in [6.07, 6.45) is 2.97. The Morgan fingerprint density at radius 3 is 2.24 bits per heavy atom. The van der Waals surface area contributed by atoms with Crippen molar-refractivity contribution < 1.29 is 19.5 Å². The lowest BCUT2D eigenvalue weighted by atomic mass is 10.1. The van der Waals surface area contributed by atoms with Crippen LogP contribution >= 0.6 is 0 Å². The molecule has 0 aliphatic heterocycles. The van der Waals surface area contributed by atoms with Crippen LogP contribution in [-0.4, -0.2) is 17.0 Å². The molecule has 4 rings (SSSR count). The van der Waals surface area contributed by atoms with Crippen LogP contribution in [0.15, 0.2) is 107 Å². The molecule has 0 saturated heterocycles. The lowest BCUT2D eigenvalue weighted by molar-refractivity contribution is -0.134. The Labute approximate surface area is 189 Å². The molecule has 0 atom stereocenters. The van der Waals surface area contributed by atoms with Gasteiger partial charge in [-0.15, -0.1) is 10.2 Å². The Morgan fingerprint density at radius 2 is 1.52 bits per heavy atom. The van der Waals surface area contributed by atoms with Crippen LogP contribution in [0.3, 0.4) is 0 Å². The number of nitrogens with one attached hydrogen (secondary N) is 1. The highest BCUT2D eigenvalue weighted by Gasteiger charge is 2.12. The molecular weight excluding hydrogens is 418 g/mol. The normalized spacial score (nSPS) is 11.2. The molecule has 0 saturated carbocycles. The number of hydrogen-bond donors (Lipinski definition) is 2. The van der Waals surface area contributed by atoms with Crippen molar-refractivity contribution in [1.82, 2.24) is 0 Å². The molecule has 0 bridgehead atoms. The second-order valence-corrected chi connectivity index (χ2v) is 7.04. The number of aromatic hydroxyl groups is 1. The van der Waals surface area contributed by atoms with E-state index in [9.17, 15) is 14.7 Å². The van der Waals surface area contributed by atoms with Crippen molar-refractivity contribution in [1.29, 1.82) is 0 Å². The summed E-state index contributed by atoms with van der Waals surface area (Å²) in [6, 6.07) is 26.3. The van der Waals surface area contributed by atoms with Gasteiger partial charge in [-0.1, -0.05) is 54.6 Å². The van der Waals surface area contributed by atoms with Gasteiger partial charge in [0.15, 0.2) is 0 Å². The molecule has 0 spiro atoms. The fraction of sp³-hybridized carbons (Fsp3) is 0. The maximum Gasteiger partial charge on any atom is 0.355 e. The Morgan fingerprint density at radius 1 is 0.848 bits per heavy atom. The number of carbonyl (C=O) groups is 2. The molecule has 7 heteroatoms. The minimum Gasteiger partial charge on any atom is -0.507 e. The third-order valence-electron chi connectivity index (χ3n) is 4.70. The first kappa shape index (κ1) is 21.5. The molecule has 4 aromatic rings. The number of benzene rings is 4. The average Bonchev–Trinajstić information content (AvgIpc) is 2.85. The molecule has 7 nitrogen and oxygen atoms in total. The van der Waals surface area contributed by atoms with Crippen molar-refractivity contribution in [3.05, 3.63) is 108 Å². The summed E-state index contributed by atoms with van der Waals surface area (Å²) in [6.45, 7) is 0. The van der Waals surface area contributed by atoms with E-state index in [1.165, 1.54) is 12.1 Å².